The van der Waals surface area contributed by atoms with Gasteiger partial charge in [0.2, 0.25) is 0 Å². The SMILES string of the molecule is COc1cc(C(=O)Nc2ncccc2C)ccc1OCc1ccccc1Cl. The zero-order valence-electron chi connectivity index (χ0n) is 15.0. The Morgan fingerprint density at radius 1 is 1.11 bits per heavy atom. The van der Waals surface area contributed by atoms with E-state index in [1.165, 1.54) is 7.11 Å². The van der Waals surface area contributed by atoms with Crippen molar-refractivity contribution < 1.29 is 14.3 Å². The smallest absolute Gasteiger partial charge is 0.256 e. The van der Waals surface area contributed by atoms with Crippen LogP contribution < -0.4 is 14.8 Å². The number of nitrogens with zero attached hydrogens (tertiary/aromatic N) is 1. The number of carbonyl (C=O) groups excluding carboxylic acids is 1. The second-order valence-corrected chi connectivity index (χ2v) is 6.28. The number of ether oxygens (including phenoxy) is 2. The zero-order valence-corrected chi connectivity index (χ0v) is 15.8. The summed E-state index contributed by atoms with van der Waals surface area (Å²) in [4.78, 5) is 16.7. The van der Waals surface area contributed by atoms with Gasteiger partial charge in [-0.25, -0.2) is 4.98 Å². The van der Waals surface area contributed by atoms with Crippen LogP contribution in [0, 0.1) is 6.92 Å². The number of amides is 1. The third kappa shape index (κ3) is 4.57. The summed E-state index contributed by atoms with van der Waals surface area (Å²) in [6, 6.07) is 16.2. The minimum Gasteiger partial charge on any atom is -0.493 e. The molecule has 0 bridgehead atoms. The fourth-order valence-electron chi connectivity index (χ4n) is 2.50. The third-order valence-corrected chi connectivity index (χ3v) is 4.38. The van der Waals surface area contributed by atoms with Crippen molar-refractivity contribution >= 4 is 23.3 Å². The number of anilines is 1. The largest absolute Gasteiger partial charge is 0.493 e. The molecule has 138 valence electrons. The molecule has 6 heteroatoms. The Labute approximate surface area is 162 Å². The number of nitrogens with one attached hydrogen (secondary N) is 1. The number of methoxy groups -OCH3 is 1. The first-order valence-corrected chi connectivity index (χ1v) is 8.73. The van der Waals surface area contributed by atoms with Crippen LogP contribution >= 0.6 is 11.6 Å². The van der Waals surface area contributed by atoms with Gasteiger partial charge in [-0.05, 0) is 42.8 Å². The van der Waals surface area contributed by atoms with E-state index in [0.717, 1.165) is 11.1 Å². The van der Waals surface area contributed by atoms with Gasteiger partial charge in [-0.1, -0.05) is 35.9 Å². The standard InChI is InChI=1S/C21H19ClN2O3/c1-14-6-5-11-23-20(14)24-21(25)15-9-10-18(19(12-15)26-2)27-13-16-7-3-4-8-17(16)22/h3-12H,13H2,1-2H3,(H,23,24,25). The lowest BCUT2D eigenvalue weighted by atomic mass is 10.1. The topological polar surface area (TPSA) is 60.5 Å². The maximum atomic E-state index is 12.5. The molecule has 27 heavy (non-hydrogen) atoms. The third-order valence-electron chi connectivity index (χ3n) is 4.01. The number of pyridine rings is 1. The highest BCUT2D eigenvalue weighted by molar-refractivity contribution is 6.31. The van der Waals surface area contributed by atoms with E-state index >= 15 is 0 Å². The Bertz CT molecular complexity index is 960. The first kappa shape index (κ1) is 18.7. The summed E-state index contributed by atoms with van der Waals surface area (Å²) in [7, 11) is 1.53. The lowest BCUT2D eigenvalue weighted by Crippen LogP contribution is -2.14. The molecule has 0 aliphatic carbocycles. The van der Waals surface area contributed by atoms with Crippen LogP contribution in [0.3, 0.4) is 0 Å². The van der Waals surface area contributed by atoms with E-state index < -0.39 is 0 Å². The number of hydrogen-bond donors (Lipinski definition) is 1. The lowest BCUT2D eigenvalue weighted by molar-refractivity contribution is 0.102. The van der Waals surface area contributed by atoms with Gasteiger partial charge in [-0.3, -0.25) is 4.79 Å². The second kappa shape index (κ2) is 8.56. The van der Waals surface area contributed by atoms with Gasteiger partial charge in [0.15, 0.2) is 11.5 Å². The molecule has 0 aliphatic heterocycles. The summed E-state index contributed by atoms with van der Waals surface area (Å²) in [6.07, 6.45) is 1.63. The maximum absolute atomic E-state index is 12.5. The maximum Gasteiger partial charge on any atom is 0.256 e. The molecule has 0 radical (unpaired) electrons. The van der Waals surface area contributed by atoms with E-state index in [2.05, 4.69) is 10.3 Å². The number of benzene rings is 2. The number of aryl methyl sites for hydroxylation is 1. The fourth-order valence-corrected chi connectivity index (χ4v) is 2.69. The summed E-state index contributed by atoms with van der Waals surface area (Å²) in [5.41, 5.74) is 2.20. The average molecular weight is 383 g/mol. The van der Waals surface area contributed by atoms with Gasteiger partial charge in [0.25, 0.3) is 5.91 Å². The van der Waals surface area contributed by atoms with E-state index in [9.17, 15) is 4.79 Å². The van der Waals surface area contributed by atoms with Gasteiger partial charge in [0, 0.05) is 22.3 Å². The quantitative estimate of drug-likeness (QED) is 0.659. The highest BCUT2D eigenvalue weighted by atomic mass is 35.5. The van der Waals surface area contributed by atoms with Crippen molar-refractivity contribution in [2.24, 2.45) is 0 Å². The van der Waals surface area contributed by atoms with E-state index in [1.807, 2.05) is 43.3 Å². The Morgan fingerprint density at radius 2 is 1.93 bits per heavy atom. The first-order valence-electron chi connectivity index (χ1n) is 8.35. The lowest BCUT2D eigenvalue weighted by Gasteiger charge is -2.13. The molecule has 1 heterocycles. The van der Waals surface area contributed by atoms with Crippen LogP contribution in [0.4, 0.5) is 5.82 Å². The van der Waals surface area contributed by atoms with Crippen molar-refractivity contribution in [3.8, 4) is 11.5 Å². The Balaban J connectivity index is 1.75. The predicted octanol–water partition coefficient (Wildman–Crippen LogP) is 4.88. The number of aromatic nitrogens is 1. The zero-order chi connectivity index (χ0) is 19.2. The molecule has 0 saturated heterocycles. The molecule has 2 aromatic carbocycles. The van der Waals surface area contributed by atoms with E-state index in [0.29, 0.717) is 34.5 Å². The summed E-state index contributed by atoms with van der Waals surface area (Å²) in [5, 5.41) is 3.44. The molecule has 0 aliphatic rings. The van der Waals surface area contributed by atoms with E-state index in [1.54, 1.807) is 24.4 Å². The number of hydrogen-bond acceptors (Lipinski definition) is 4. The summed E-state index contributed by atoms with van der Waals surface area (Å²) < 4.78 is 11.2. The van der Waals surface area contributed by atoms with Crippen molar-refractivity contribution in [2.45, 2.75) is 13.5 Å². The van der Waals surface area contributed by atoms with Gasteiger partial charge in [-0.15, -0.1) is 0 Å². The number of rotatable bonds is 6. The number of halogens is 1. The van der Waals surface area contributed by atoms with Crippen molar-refractivity contribution in [3.05, 3.63) is 82.5 Å². The second-order valence-electron chi connectivity index (χ2n) is 5.87. The van der Waals surface area contributed by atoms with Gasteiger partial charge in [-0.2, -0.15) is 0 Å². The van der Waals surface area contributed by atoms with Gasteiger partial charge >= 0.3 is 0 Å². The molecule has 1 aromatic heterocycles. The minimum atomic E-state index is -0.271. The van der Waals surface area contributed by atoms with Crippen molar-refractivity contribution in [1.29, 1.82) is 0 Å². The molecule has 0 unspecified atom stereocenters. The highest BCUT2D eigenvalue weighted by Gasteiger charge is 2.13. The van der Waals surface area contributed by atoms with Crippen molar-refractivity contribution in [1.82, 2.24) is 4.98 Å². The van der Waals surface area contributed by atoms with Gasteiger partial charge in [0.05, 0.1) is 7.11 Å². The number of carbonyl (C=O) groups is 1. The molecule has 1 N–H and O–H groups in total. The summed E-state index contributed by atoms with van der Waals surface area (Å²) in [6.45, 7) is 2.18. The molecular formula is C21H19ClN2O3. The van der Waals surface area contributed by atoms with Crippen LogP contribution in [0.15, 0.2) is 60.8 Å². The van der Waals surface area contributed by atoms with E-state index in [4.69, 9.17) is 21.1 Å². The molecular weight excluding hydrogens is 364 g/mol. The molecule has 0 saturated carbocycles. The van der Waals surface area contributed by atoms with E-state index in [-0.39, 0.29) is 5.91 Å². The molecule has 0 fully saturated rings. The normalized spacial score (nSPS) is 10.3. The van der Waals surface area contributed by atoms with Crippen molar-refractivity contribution in [3.63, 3.8) is 0 Å². The van der Waals surface area contributed by atoms with Crippen LogP contribution in [0.25, 0.3) is 0 Å². The Hall–Kier alpha value is -3.05. The van der Waals surface area contributed by atoms with Crippen LogP contribution in [0.2, 0.25) is 5.02 Å². The Kier molecular flexibility index (Phi) is 5.94. The summed E-state index contributed by atoms with van der Waals surface area (Å²) >= 11 is 6.15. The van der Waals surface area contributed by atoms with Crippen LogP contribution in [-0.2, 0) is 6.61 Å². The average Bonchev–Trinajstić information content (AvgIpc) is 2.69. The van der Waals surface area contributed by atoms with Crippen molar-refractivity contribution in [2.75, 3.05) is 12.4 Å². The monoisotopic (exact) mass is 382 g/mol. The summed E-state index contributed by atoms with van der Waals surface area (Å²) in [5.74, 6) is 1.25. The van der Waals surface area contributed by atoms with Crippen LogP contribution in [-0.4, -0.2) is 18.0 Å². The molecule has 3 aromatic rings. The molecule has 0 spiro atoms. The fraction of sp³-hybridized carbons (Fsp3) is 0.143. The molecule has 0 atom stereocenters. The van der Waals surface area contributed by atoms with Crippen LogP contribution in [0.1, 0.15) is 21.5 Å². The molecule has 5 nitrogen and oxygen atoms in total. The van der Waals surface area contributed by atoms with Gasteiger partial charge in [0.1, 0.15) is 12.4 Å². The highest BCUT2D eigenvalue weighted by Crippen LogP contribution is 2.30. The molecule has 1 amide bonds. The van der Waals surface area contributed by atoms with Gasteiger partial charge < -0.3 is 14.8 Å². The first-order chi connectivity index (χ1) is 13.1. The Morgan fingerprint density at radius 3 is 2.67 bits per heavy atom. The molecule has 3 rings (SSSR count). The minimum absolute atomic E-state index is 0.271. The van der Waals surface area contributed by atoms with Crippen LogP contribution in [0.5, 0.6) is 11.5 Å². The predicted molar refractivity (Wildman–Crippen MR) is 106 cm³/mol.